The van der Waals surface area contributed by atoms with Gasteiger partial charge in [0.25, 0.3) is 0 Å². The standard InChI is InChI=1S/C15H14ClF2NO/c1-20-15-5-3-11(7-14(15)18)9-19-8-10-2-4-13(17)12(16)6-10/h2-7,19H,8-9H2,1H3. The molecule has 0 fully saturated rings. The van der Waals surface area contributed by atoms with E-state index in [0.29, 0.717) is 13.1 Å². The molecule has 0 saturated heterocycles. The van der Waals surface area contributed by atoms with Crippen LogP contribution < -0.4 is 10.1 Å². The van der Waals surface area contributed by atoms with E-state index in [4.69, 9.17) is 16.3 Å². The number of benzene rings is 2. The van der Waals surface area contributed by atoms with Crippen LogP contribution in [-0.2, 0) is 13.1 Å². The fourth-order valence-electron chi connectivity index (χ4n) is 1.82. The highest BCUT2D eigenvalue weighted by Gasteiger charge is 2.04. The molecule has 0 aliphatic heterocycles. The molecule has 5 heteroatoms. The second kappa shape index (κ2) is 6.68. The zero-order valence-electron chi connectivity index (χ0n) is 10.9. The molecule has 20 heavy (non-hydrogen) atoms. The molecule has 0 amide bonds. The maximum atomic E-state index is 13.5. The molecule has 0 unspecified atom stereocenters. The lowest BCUT2D eigenvalue weighted by Gasteiger charge is -2.07. The summed E-state index contributed by atoms with van der Waals surface area (Å²) in [5.41, 5.74) is 1.67. The van der Waals surface area contributed by atoms with Gasteiger partial charge in [0.15, 0.2) is 11.6 Å². The van der Waals surface area contributed by atoms with Crippen LogP contribution in [0, 0.1) is 11.6 Å². The van der Waals surface area contributed by atoms with Gasteiger partial charge in [-0.3, -0.25) is 0 Å². The van der Waals surface area contributed by atoms with Crippen LogP contribution in [0.2, 0.25) is 5.02 Å². The van der Waals surface area contributed by atoms with Gasteiger partial charge in [0.05, 0.1) is 12.1 Å². The normalized spacial score (nSPS) is 10.6. The Hall–Kier alpha value is -1.65. The van der Waals surface area contributed by atoms with E-state index >= 15 is 0 Å². The van der Waals surface area contributed by atoms with Gasteiger partial charge in [0.2, 0.25) is 0 Å². The number of rotatable bonds is 5. The Balaban J connectivity index is 1.92. The number of ether oxygens (including phenoxy) is 1. The van der Waals surface area contributed by atoms with Crippen LogP contribution in [0.15, 0.2) is 36.4 Å². The first kappa shape index (κ1) is 14.8. The lowest BCUT2D eigenvalue weighted by atomic mass is 10.2. The molecule has 0 heterocycles. The van der Waals surface area contributed by atoms with E-state index in [1.165, 1.54) is 19.2 Å². The Labute approximate surface area is 121 Å². The third kappa shape index (κ3) is 3.68. The highest BCUT2D eigenvalue weighted by molar-refractivity contribution is 6.30. The first-order valence-electron chi connectivity index (χ1n) is 6.07. The maximum absolute atomic E-state index is 13.5. The van der Waals surface area contributed by atoms with Gasteiger partial charge in [-0.25, -0.2) is 8.78 Å². The fraction of sp³-hybridized carbons (Fsp3) is 0.200. The molecule has 0 aromatic heterocycles. The lowest BCUT2D eigenvalue weighted by molar-refractivity contribution is 0.386. The zero-order valence-corrected chi connectivity index (χ0v) is 11.7. The quantitative estimate of drug-likeness (QED) is 0.903. The molecule has 2 nitrogen and oxygen atoms in total. The molecule has 1 N–H and O–H groups in total. The van der Waals surface area contributed by atoms with Crippen LogP contribution in [0.5, 0.6) is 5.75 Å². The minimum Gasteiger partial charge on any atom is -0.494 e. The van der Waals surface area contributed by atoms with Crippen LogP contribution in [0.4, 0.5) is 8.78 Å². The lowest BCUT2D eigenvalue weighted by Crippen LogP contribution is -2.13. The monoisotopic (exact) mass is 297 g/mol. The van der Waals surface area contributed by atoms with Crippen molar-refractivity contribution in [1.29, 1.82) is 0 Å². The van der Waals surface area contributed by atoms with Crippen LogP contribution in [-0.4, -0.2) is 7.11 Å². The molecule has 2 aromatic rings. The summed E-state index contributed by atoms with van der Waals surface area (Å²) >= 11 is 5.70. The summed E-state index contributed by atoms with van der Waals surface area (Å²) < 4.78 is 31.3. The first-order valence-corrected chi connectivity index (χ1v) is 6.45. The van der Waals surface area contributed by atoms with Crippen molar-refractivity contribution < 1.29 is 13.5 Å². The molecule has 0 radical (unpaired) electrons. The van der Waals surface area contributed by atoms with Crippen molar-refractivity contribution in [3.05, 3.63) is 64.2 Å². The third-order valence-electron chi connectivity index (χ3n) is 2.86. The second-order valence-electron chi connectivity index (χ2n) is 4.32. The summed E-state index contributed by atoms with van der Waals surface area (Å²) in [6.45, 7) is 1.02. The third-order valence-corrected chi connectivity index (χ3v) is 3.15. The van der Waals surface area contributed by atoms with E-state index in [1.54, 1.807) is 24.3 Å². The van der Waals surface area contributed by atoms with Crippen molar-refractivity contribution in [1.82, 2.24) is 5.32 Å². The van der Waals surface area contributed by atoms with E-state index in [9.17, 15) is 8.78 Å². The molecule has 106 valence electrons. The average molecular weight is 298 g/mol. The minimum atomic E-state index is -0.437. The number of hydrogen-bond donors (Lipinski definition) is 1. The van der Waals surface area contributed by atoms with Crippen molar-refractivity contribution in [2.45, 2.75) is 13.1 Å². The first-order chi connectivity index (χ1) is 9.60. The van der Waals surface area contributed by atoms with Crippen LogP contribution in [0.1, 0.15) is 11.1 Å². The Bertz CT molecular complexity index is 604. The van der Waals surface area contributed by atoms with Crippen LogP contribution in [0.3, 0.4) is 0 Å². The molecule has 0 bridgehead atoms. The van der Waals surface area contributed by atoms with Gasteiger partial charge in [0, 0.05) is 13.1 Å². The molecular formula is C15H14ClF2NO. The number of halogens is 3. The Kier molecular flexibility index (Phi) is 4.93. The summed E-state index contributed by atoms with van der Waals surface area (Å²) in [6.07, 6.45) is 0. The van der Waals surface area contributed by atoms with Gasteiger partial charge in [0.1, 0.15) is 5.82 Å². The summed E-state index contributed by atoms with van der Waals surface area (Å²) in [7, 11) is 1.43. The minimum absolute atomic E-state index is 0.0970. The molecule has 2 aromatic carbocycles. The van der Waals surface area contributed by atoms with Gasteiger partial charge < -0.3 is 10.1 Å². The predicted octanol–water partition coefficient (Wildman–Crippen LogP) is 3.92. The molecule has 0 atom stereocenters. The second-order valence-corrected chi connectivity index (χ2v) is 4.73. The van der Waals surface area contributed by atoms with Crippen LogP contribution in [0.25, 0.3) is 0 Å². The summed E-state index contributed by atoms with van der Waals surface area (Å²) in [5.74, 6) is -0.608. The number of hydrogen-bond acceptors (Lipinski definition) is 2. The van der Waals surface area contributed by atoms with E-state index in [-0.39, 0.29) is 10.8 Å². The fourth-order valence-corrected chi connectivity index (χ4v) is 2.02. The molecule has 2 rings (SSSR count). The highest BCUT2D eigenvalue weighted by atomic mass is 35.5. The SMILES string of the molecule is COc1ccc(CNCc2ccc(F)c(Cl)c2)cc1F. The van der Waals surface area contributed by atoms with Gasteiger partial charge >= 0.3 is 0 Å². The summed E-state index contributed by atoms with van der Waals surface area (Å²) in [5, 5.41) is 3.24. The van der Waals surface area contributed by atoms with E-state index in [1.807, 2.05) is 0 Å². The topological polar surface area (TPSA) is 21.3 Å². The van der Waals surface area contributed by atoms with Crippen molar-refractivity contribution in [2.75, 3.05) is 7.11 Å². The molecule has 0 aliphatic carbocycles. The van der Waals surface area contributed by atoms with Gasteiger partial charge in [-0.1, -0.05) is 23.7 Å². The summed E-state index contributed by atoms with van der Waals surface area (Å²) in [6, 6.07) is 9.34. The Morgan fingerprint density at radius 1 is 1.00 bits per heavy atom. The summed E-state index contributed by atoms with van der Waals surface area (Å²) in [4.78, 5) is 0. The largest absolute Gasteiger partial charge is 0.494 e. The van der Waals surface area contributed by atoms with Crippen molar-refractivity contribution in [3.8, 4) is 5.75 Å². The van der Waals surface area contributed by atoms with E-state index in [0.717, 1.165) is 11.1 Å². The zero-order chi connectivity index (χ0) is 14.5. The van der Waals surface area contributed by atoms with Crippen molar-refractivity contribution >= 4 is 11.6 Å². The highest BCUT2D eigenvalue weighted by Crippen LogP contribution is 2.18. The Morgan fingerprint density at radius 2 is 1.65 bits per heavy atom. The van der Waals surface area contributed by atoms with E-state index < -0.39 is 11.6 Å². The maximum Gasteiger partial charge on any atom is 0.165 e. The molecular weight excluding hydrogens is 284 g/mol. The Morgan fingerprint density at radius 3 is 2.25 bits per heavy atom. The molecule has 0 spiro atoms. The molecule has 0 aliphatic rings. The predicted molar refractivity (Wildman–Crippen MR) is 74.9 cm³/mol. The van der Waals surface area contributed by atoms with E-state index in [2.05, 4.69) is 5.32 Å². The smallest absolute Gasteiger partial charge is 0.165 e. The van der Waals surface area contributed by atoms with Gasteiger partial charge in [-0.15, -0.1) is 0 Å². The molecule has 0 saturated carbocycles. The number of methoxy groups -OCH3 is 1. The number of nitrogens with one attached hydrogen (secondary N) is 1. The van der Waals surface area contributed by atoms with Crippen molar-refractivity contribution in [2.24, 2.45) is 0 Å². The van der Waals surface area contributed by atoms with Crippen LogP contribution >= 0.6 is 11.6 Å². The average Bonchev–Trinajstić information content (AvgIpc) is 2.43. The van der Waals surface area contributed by atoms with Crippen molar-refractivity contribution in [3.63, 3.8) is 0 Å². The van der Waals surface area contributed by atoms with Gasteiger partial charge in [-0.05, 0) is 35.4 Å². The van der Waals surface area contributed by atoms with Gasteiger partial charge in [-0.2, -0.15) is 0 Å².